The van der Waals surface area contributed by atoms with Crippen molar-refractivity contribution in [1.29, 1.82) is 0 Å². The summed E-state index contributed by atoms with van der Waals surface area (Å²) in [5.41, 5.74) is 1.09. The fraction of sp³-hybridized carbons (Fsp3) is 0.500. The molecule has 0 saturated heterocycles. The summed E-state index contributed by atoms with van der Waals surface area (Å²) in [6, 6.07) is 6.70. The molecule has 0 aliphatic heterocycles. The standard InChI is InChI=1S/C14H21NO4S/c1-4-11(3)12-6-8-13(9-7-12)20(17,18)15-10-14(16)19-5-2/h6-9,11,15H,4-5,10H2,1-3H3. The lowest BCUT2D eigenvalue weighted by atomic mass is 9.99. The second-order valence-electron chi connectivity index (χ2n) is 4.51. The number of esters is 1. The summed E-state index contributed by atoms with van der Waals surface area (Å²) in [6.45, 7) is 5.70. The molecule has 1 N–H and O–H groups in total. The van der Waals surface area contributed by atoms with Crippen LogP contribution in [0.25, 0.3) is 0 Å². The first-order valence-corrected chi connectivity index (χ1v) is 8.14. The van der Waals surface area contributed by atoms with Crippen LogP contribution in [-0.2, 0) is 19.6 Å². The van der Waals surface area contributed by atoms with Gasteiger partial charge in [0.25, 0.3) is 0 Å². The maximum Gasteiger partial charge on any atom is 0.321 e. The molecule has 0 aromatic heterocycles. The molecule has 0 radical (unpaired) electrons. The van der Waals surface area contributed by atoms with E-state index in [0.717, 1.165) is 12.0 Å². The summed E-state index contributed by atoms with van der Waals surface area (Å²) >= 11 is 0. The van der Waals surface area contributed by atoms with Gasteiger partial charge in [-0.2, -0.15) is 4.72 Å². The zero-order valence-corrected chi connectivity index (χ0v) is 12.9. The second kappa shape index (κ2) is 7.40. The Morgan fingerprint density at radius 2 is 1.85 bits per heavy atom. The van der Waals surface area contributed by atoms with E-state index < -0.39 is 16.0 Å². The van der Waals surface area contributed by atoms with Crippen LogP contribution in [0.5, 0.6) is 0 Å². The van der Waals surface area contributed by atoms with Gasteiger partial charge in [-0.05, 0) is 37.0 Å². The Morgan fingerprint density at radius 1 is 1.25 bits per heavy atom. The molecule has 0 spiro atoms. The lowest BCUT2D eigenvalue weighted by Gasteiger charge is -2.10. The number of benzene rings is 1. The lowest BCUT2D eigenvalue weighted by Crippen LogP contribution is -2.30. The van der Waals surface area contributed by atoms with Crippen molar-refractivity contribution >= 4 is 16.0 Å². The second-order valence-corrected chi connectivity index (χ2v) is 6.27. The predicted molar refractivity (Wildman–Crippen MR) is 77.0 cm³/mol. The third-order valence-corrected chi connectivity index (χ3v) is 4.50. The Balaban J connectivity index is 2.75. The first-order chi connectivity index (χ1) is 9.40. The highest BCUT2D eigenvalue weighted by Gasteiger charge is 2.16. The molecule has 0 fully saturated rings. The number of carbonyl (C=O) groups is 1. The van der Waals surface area contributed by atoms with E-state index in [1.165, 1.54) is 0 Å². The summed E-state index contributed by atoms with van der Waals surface area (Å²) < 4.78 is 30.8. The molecule has 0 amide bonds. The van der Waals surface area contributed by atoms with Crippen LogP contribution in [0.3, 0.4) is 0 Å². The SMILES string of the molecule is CCOC(=O)CNS(=O)(=O)c1ccc(C(C)CC)cc1. The molecule has 5 nitrogen and oxygen atoms in total. The van der Waals surface area contributed by atoms with Crippen molar-refractivity contribution in [2.45, 2.75) is 38.0 Å². The molecule has 0 aliphatic carbocycles. The number of rotatable bonds is 7. The zero-order valence-electron chi connectivity index (χ0n) is 12.0. The Hall–Kier alpha value is -1.40. The average Bonchev–Trinajstić information content (AvgIpc) is 2.45. The molecule has 1 rings (SSSR count). The minimum atomic E-state index is -3.67. The third-order valence-electron chi connectivity index (χ3n) is 3.08. The topological polar surface area (TPSA) is 72.5 Å². The van der Waals surface area contributed by atoms with Gasteiger partial charge in [-0.3, -0.25) is 4.79 Å². The zero-order chi connectivity index (χ0) is 15.2. The van der Waals surface area contributed by atoms with E-state index in [-0.39, 0.29) is 18.0 Å². The highest BCUT2D eigenvalue weighted by molar-refractivity contribution is 7.89. The molecule has 1 atom stereocenters. The number of hydrogen-bond donors (Lipinski definition) is 1. The van der Waals surface area contributed by atoms with Crippen molar-refractivity contribution in [2.24, 2.45) is 0 Å². The van der Waals surface area contributed by atoms with E-state index in [4.69, 9.17) is 0 Å². The maximum atomic E-state index is 12.0. The van der Waals surface area contributed by atoms with E-state index in [2.05, 4.69) is 23.3 Å². The first kappa shape index (κ1) is 16.7. The average molecular weight is 299 g/mol. The molecule has 0 bridgehead atoms. The van der Waals surface area contributed by atoms with Gasteiger partial charge in [0.05, 0.1) is 11.5 Å². The number of nitrogens with one attached hydrogen (secondary N) is 1. The van der Waals surface area contributed by atoms with E-state index in [1.54, 1.807) is 31.2 Å². The normalized spacial score (nSPS) is 12.9. The molecule has 112 valence electrons. The van der Waals surface area contributed by atoms with Crippen molar-refractivity contribution in [3.63, 3.8) is 0 Å². The van der Waals surface area contributed by atoms with Crippen molar-refractivity contribution in [2.75, 3.05) is 13.2 Å². The van der Waals surface area contributed by atoms with Crippen LogP contribution >= 0.6 is 0 Å². The van der Waals surface area contributed by atoms with Gasteiger partial charge in [-0.15, -0.1) is 0 Å². The van der Waals surface area contributed by atoms with E-state index in [9.17, 15) is 13.2 Å². The lowest BCUT2D eigenvalue weighted by molar-refractivity contribution is -0.141. The van der Waals surface area contributed by atoms with Crippen molar-refractivity contribution in [3.05, 3.63) is 29.8 Å². The Morgan fingerprint density at radius 3 is 2.35 bits per heavy atom. The predicted octanol–water partition coefficient (Wildman–Crippen LogP) is 2.04. The van der Waals surface area contributed by atoms with E-state index in [0.29, 0.717) is 5.92 Å². The monoisotopic (exact) mass is 299 g/mol. The Labute approximate surface area is 120 Å². The molecule has 0 aliphatic rings. The minimum absolute atomic E-state index is 0.147. The fourth-order valence-electron chi connectivity index (χ4n) is 1.66. The summed E-state index contributed by atoms with van der Waals surface area (Å²) in [4.78, 5) is 11.3. The quantitative estimate of drug-likeness (QED) is 0.782. The van der Waals surface area contributed by atoms with Crippen LogP contribution < -0.4 is 4.72 Å². The number of sulfonamides is 1. The largest absolute Gasteiger partial charge is 0.465 e. The van der Waals surface area contributed by atoms with Crippen molar-refractivity contribution < 1.29 is 17.9 Å². The van der Waals surface area contributed by atoms with Gasteiger partial charge < -0.3 is 4.74 Å². The highest BCUT2D eigenvalue weighted by Crippen LogP contribution is 2.20. The molecule has 6 heteroatoms. The Kier molecular flexibility index (Phi) is 6.16. The van der Waals surface area contributed by atoms with Gasteiger partial charge in [-0.1, -0.05) is 26.0 Å². The van der Waals surface area contributed by atoms with Gasteiger partial charge in [-0.25, -0.2) is 8.42 Å². The van der Waals surface area contributed by atoms with Gasteiger partial charge in [0.15, 0.2) is 0 Å². The van der Waals surface area contributed by atoms with Gasteiger partial charge in [0.1, 0.15) is 6.54 Å². The van der Waals surface area contributed by atoms with Gasteiger partial charge in [0.2, 0.25) is 10.0 Å². The van der Waals surface area contributed by atoms with Crippen molar-refractivity contribution in [3.8, 4) is 0 Å². The maximum absolute atomic E-state index is 12.0. The van der Waals surface area contributed by atoms with Crippen LogP contribution in [0.15, 0.2) is 29.2 Å². The summed E-state index contributed by atoms with van der Waals surface area (Å²) in [6.07, 6.45) is 0.993. The summed E-state index contributed by atoms with van der Waals surface area (Å²) in [7, 11) is -3.67. The van der Waals surface area contributed by atoms with Crippen LogP contribution in [0.4, 0.5) is 0 Å². The minimum Gasteiger partial charge on any atom is -0.465 e. The van der Waals surface area contributed by atoms with Crippen LogP contribution in [-0.4, -0.2) is 27.5 Å². The highest BCUT2D eigenvalue weighted by atomic mass is 32.2. The van der Waals surface area contributed by atoms with E-state index in [1.807, 2.05) is 0 Å². The molecule has 20 heavy (non-hydrogen) atoms. The third kappa shape index (κ3) is 4.61. The van der Waals surface area contributed by atoms with Crippen LogP contribution in [0.2, 0.25) is 0 Å². The summed E-state index contributed by atoms with van der Waals surface area (Å²) in [5.74, 6) is -0.202. The number of carbonyl (C=O) groups excluding carboxylic acids is 1. The fourth-order valence-corrected chi connectivity index (χ4v) is 2.63. The molecular formula is C14H21NO4S. The smallest absolute Gasteiger partial charge is 0.321 e. The first-order valence-electron chi connectivity index (χ1n) is 6.66. The Bertz CT molecular complexity index is 537. The van der Waals surface area contributed by atoms with Crippen LogP contribution in [0, 0.1) is 0 Å². The summed E-state index contributed by atoms with van der Waals surface area (Å²) in [5, 5.41) is 0. The number of ether oxygens (including phenoxy) is 1. The van der Waals surface area contributed by atoms with Crippen LogP contribution in [0.1, 0.15) is 38.7 Å². The van der Waals surface area contributed by atoms with E-state index >= 15 is 0 Å². The molecule has 1 unspecified atom stereocenters. The number of hydrogen-bond acceptors (Lipinski definition) is 4. The van der Waals surface area contributed by atoms with Gasteiger partial charge >= 0.3 is 5.97 Å². The van der Waals surface area contributed by atoms with Crippen molar-refractivity contribution in [1.82, 2.24) is 4.72 Å². The molecule has 1 aromatic rings. The van der Waals surface area contributed by atoms with Gasteiger partial charge in [0, 0.05) is 0 Å². The molecular weight excluding hydrogens is 278 g/mol. The molecule has 0 saturated carbocycles. The molecule has 0 heterocycles. The molecule has 1 aromatic carbocycles.